The molecule has 0 unspecified atom stereocenters. The Kier molecular flexibility index (Phi) is 6.43. The second-order valence-corrected chi connectivity index (χ2v) is 6.87. The van der Waals surface area contributed by atoms with Gasteiger partial charge in [-0.3, -0.25) is 4.79 Å². The van der Waals surface area contributed by atoms with Crippen molar-refractivity contribution in [3.8, 4) is 11.4 Å². The molecule has 0 saturated carbocycles. The predicted molar refractivity (Wildman–Crippen MR) is 109 cm³/mol. The van der Waals surface area contributed by atoms with Gasteiger partial charge in [0, 0.05) is 43.2 Å². The number of rotatable bonds is 8. The van der Waals surface area contributed by atoms with Gasteiger partial charge in [0.2, 0.25) is 5.91 Å². The molecular formula is C19H22N6OS. The summed E-state index contributed by atoms with van der Waals surface area (Å²) < 4.78 is 2.07. The molecule has 0 aliphatic rings. The van der Waals surface area contributed by atoms with Crippen LogP contribution in [-0.2, 0) is 11.3 Å². The third kappa shape index (κ3) is 5.07. The predicted octanol–water partition coefficient (Wildman–Crippen LogP) is 3.52. The van der Waals surface area contributed by atoms with Crippen molar-refractivity contribution in [2.75, 3.05) is 22.9 Å². The van der Waals surface area contributed by atoms with Crippen molar-refractivity contribution >= 4 is 29.2 Å². The molecule has 0 spiro atoms. The number of hydrogen-bond donors (Lipinski definition) is 2. The van der Waals surface area contributed by atoms with Crippen LogP contribution in [-0.4, -0.2) is 38.0 Å². The van der Waals surface area contributed by atoms with Crippen LogP contribution >= 0.6 is 11.8 Å². The summed E-state index contributed by atoms with van der Waals surface area (Å²) in [5.41, 5.74) is 1.98. The molecule has 8 heteroatoms. The Labute approximate surface area is 162 Å². The van der Waals surface area contributed by atoms with Gasteiger partial charge >= 0.3 is 0 Å². The molecule has 2 heterocycles. The van der Waals surface area contributed by atoms with E-state index in [9.17, 15) is 4.79 Å². The minimum Gasteiger partial charge on any atom is -0.384 e. The molecule has 0 aliphatic carbocycles. The average molecular weight is 382 g/mol. The minimum atomic E-state index is -0.144. The monoisotopic (exact) mass is 382 g/mol. The molecule has 1 amide bonds. The van der Waals surface area contributed by atoms with Gasteiger partial charge in [0.1, 0.15) is 5.82 Å². The van der Waals surface area contributed by atoms with Gasteiger partial charge in [0.05, 0.1) is 0 Å². The summed E-state index contributed by atoms with van der Waals surface area (Å²) in [7, 11) is 0. The summed E-state index contributed by atoms with van der Waals surface area (Å²) in [4.78, 5) is 15.4. The molecule has 7 nitrogen and oxygen atoms in total. The fraction of sp³-hybridized carbons (Fsp3) is 0.263. The molecule has 0 saturated heterocycles. The van der Waals surface area contributed by atoms with Crippen molar-refractivity contribution in [2.24, 2.45) is 0 Å². The molecule has 0 bridgehead atoms. The molecule has 140 valence electrons. The highest BCUT2D eigenvalue weighted by atomic mass is 32.2. The molecule has 0 radical (unpaired) electrons. The fourth-order valence-corrected chi connectivity index (χ4v) is 3.42. The summed E-state index contributed by atoms with van der Waals surface area (Å²) in [5.74, 6) is 2.04. The van der Waals surface area contributed by atoms with Gasteiger partial charge in [-0.1, -0.05) is 30.0 Å². The normalized spacial score (nSPS) is 10.6. The molecule has 3 rings (SSSR count). The zero-order valence-corrected chi connectivity index (χ0v) is 16.2. The Morgan fingerprint density at radius 2 is 1.96 bits per heavy atom. The van der Waals surface area contributed by atoms with Gasteiger partial charge in [-0.2, -0.15) is 0 Å². The zero-order chi connectivity index (χ0) is 19.1. The first-order chi connectivity index (χ1) is 13.2. The standard InChI is InChI=1S/C19H22N6OS/c1-3-25-18(15-9-10-17(21-13-15)22-14(2)26)23-24-19(25)27-12-11-20-16-7-5-4-6-8-16/h4-10,13,20H,3,11-12H2,1-2H3,(H,21,22,26). The lowest BCUT2D eigenvalue weighted by atomic mass is 10.2. The number of para-hydroxylation sites is 1. The number of aromatic nitrogens is 4. The minimum absolute atomic E-state index is 0.144. The van der Waals surface area contributed by atoms with Crippen LogP contribution in [0, 0.1) is 0 Å². The third-order valence-electron chi connectivity index (χ3n) is 3.79. The van der Waals surface area contributed by atoms with Gasteiger partial charge in [-0.15, -0.1) is 10.2 Å². The Morgan fingerprint density at radius 1 is 1.15 bits per heavy atom. The van der Waals surface area contributed by atoms with Crippen LogP contribution in [0.5, 0.6) is 0 Å². The summed E-state index contributed by atoms with van der Waals surface area (Å²) in [5, 5.41) is 15.6. The lowest BCUT2D eigenvalue weighted by molar-refractivity contribution is -0.114. The fourth-order valence-electron chi connectivity index (χ4n) is 2.57. The zero-order valence-electron chi connectivity index (χ0n) is 15.3. The highest BCUT2D eigenvalue weighted by molar-refractivity contribution is 7.99. The molecule has 2 N–H and O–H groups in total. The maximum absolute atomic E-state index is 11.1. The highest BCUT2D eigenvalue weighted by Gasteiger charge is 2.13. The number of carbonyl (C=O) groups excluding carboxylic acids is 1. The summed E-state index contributed by atoms with van der Waals surface area (Å²) in [6.45, 7) is 5.13. The molecule has 27 heavy (non-hydrogen) atoms. The van der Waals surface area contributed by atoms with Crippen LogP contribution in [0.1, 0.15) is 13.8 Å². The number of pyridine rings is 1. The van der Waals surface area contributed by atoms with Crippen molar-refractivity contribution in [3.05, 3.63) is 48.7 Å². The van der Waals surface area contributed by atoms with Crippen LogP contribution in [0.3, 0.4) is 0 Å². The van der Waals surface area contributed by atoms with Crippen molar-refractivity contribution in [2.45, 2.75) is 25.5 Å². The van der Waals surface area contributed by atoms with E-state index in [0.717, 1.165) is 41.1 Å². The van der Waals surface area contributed by atoms with Crippen molar-refractivity contribution in [3.63, 3.8) is 0 Å². The second-order valence-electron chi connectivity index (χ2n) is 5.81. The molecule has 2 aromatic heterocycles. The Balaban J connectivity index is 1.63. The number of nitrogens with one attached hydrogen (secondary N) is 2. The number of carbonyl (C=O) groups is 1. The van der Waals surface area contributed by atoms with Crippen LogP contribution in [0.25, 0.3) is 11.4 Å². The summed E-state index contributed by atoms with van der Waals surface area (Å²) in [6, 6.07) is 13.8. The van der Waals surface area contributed by atoms with Crippen LogP contribution < -0.4 is 10.6 Å². The molecule has 1 aromatic carbocycles. The quantitative estimate of drug-likeness (QED) is 0.458. The first kappa shape index (κ1) is 18.9. The van der Waals surface area contributed by atoms with E-state index in [1.807, 2.05) is 24.3 Å². The van der Waals surface area contributed by atoms with E-state index in [2.05, 4.69) is 49.4 Å². The molecule has 0 aliphatic heterocycles. The molecule has 0 atom stereocenters. The first-order valence-electron chi connectivity index (χ1n) is 8.76. The van der Waals surface area contributed by atoms with Gasteiger partial charge in [0.25, 0.3) is 0 Å². The van der Waals surface area contributed by atoms with Crippen molar-refractivity contribution < 1.29 is 4.79 Å². The maximum atomic E-state index is 11.1. The number of hydrogen-bond acceptors (Lipinski definition) is 6. The lowest BCUT2D eigenvalue weighted by Crippen LogP contribution is -2.07. The molecule has 0 fully saturated rings. The van der Waals surface area contributed by atoms with Gasteiger partial charge < -0.3 is 15.2 Å². The summed E-state index contributed by atoms with van der Waals surface area (Å²) >= 11 is 1.67. The van der Waals surface area contributed by atoms with E-state index in [1.54, 1.807) is 24.0 Å². The Bertz CT molecular complexity index is 879. The van der Waals surface area contributed by atoms with Gasteiger partial charge in [-0.05, 0) is 31.2 Å². The summed E-state index contributed by atoms with van der Waals surface area (Å²) in [6.07, 6.45) is 1.70. The number of thioether (sulfide) groups is 1. The second kappa shape index (κ2) is 9.18. The third-order valence-corrected chi connectivity index (χ3v) is 4.76. The largest absolute Gasteiger partial charge is 0.384 e. The van der Waals surface area contributed by atoms with Crippen LogP contribution in [0.2, 0.25) is 0 Å². The smallest absolute Gasteiger partial charge is 0.222 e. The van der Waals surface area contributed by atoms with E-state index in [4.69, 9.17) is 0 Å². The van der Waals surface area contributed by atoms with E-state index in [-0.39, 0.29) is 5.91 Å². The van der Waals surface area contributed by atoms with Crippen molar-refractivity contribution in [1.82, 2.24) is 19.7 Å². The van der Waals surface area contributed by atoms with Gasteiger partial charge in [0.15, 0.2) is 11.0 Å². The maximum Gasteiger partial charge on any atom is 0.222 e. The van der Waals surface area contributed by atoms with E-state index < -0.39 is 0 Å². The van der Waals surface area contributed by atoms with E-state index in [0.29, 0.717) is 5.82 Å². The van der Waals surface area contributed by atoms with E-state index in [1.165, 1.54) is 6.92 Å². The van der Waals surface area contributed by atoms with Crippen LogP contribution in [0.4, 0.5) is 11.5 Å². The topological polar surface area (TPSA) is 84.7 Å². The molecule has 3 aromatic rings. The highest BCUT2D eigenvalue weighted by Crippen LogP contribution is 2.24. The number of nitrogens with zero attached hydrogens (tertiary/aromatic N) is 4. The van der Waals surface area contributed by atoms with Crippen molar-refractivity contribution in [1.29, 1.82) is 0 Å². The van der Waals surface area contributed by atoms with Gasteiger partial charge in [-0.25, -0.2) is 4.98 Å². The number of benzene rings is 1. The average Bonchev–Trinajstić information content (AvgIpc) is 3.09. The molecular weight excluding hydrogens is 360 g/mol. The lowest BCUT2D eigenvalue weighted by Gasteiger charge is -2.09. The number of anilines is 2. The SMILES string of the molecule is CCn1c(SCCNc2ccccc2)nnc1-c1ccc(NC(C)=O)nc1. The Hall–Kier alpha value is -2.87. The van der Waals surface area contributed by atoms with E-state index >= 15 is 0 Å². The Morgan fingerprint density at radius 3 is 2.63 bits per heavy atom. The van der Waals surface area contributed by atoms with Crippen LogP contribution in [0.15, 0.2) is 53.8 Å². The first-order valence-corrected chi connectivity index (χ1v) is 9.75. The number of amides is 1.